The molecule has 0 aliphatic carbocycles. The van der Waals surface area contributed by atoms with Crippen molar-refractivity contribution in [3.05, 3.63) is 0 Å². The Morgan fingerprint density at radius 2 is 1.54 bits per heavy atom. The Morgan fingerprint density at radius 3 is 2.08 bits per heavy atom. The topological polar surface area (TPSA) is 21.7 Å². The minimum absolute atomic E-state index is 0.720. The van der Waals surface area contributed by atoms with Crippen LogP contribution < -0.4 is 0 Å². The van der Waals surface area contributed by atoms with E-state index in [0.717, 1.165) is 39.4 Å². The molecule has 0 spiro atoms. The molecule has 0 aliphatic heterocycles. The Kier molecular flexibility index (Phi) is 9.87. The molecule has 0 aromatic heterocycles. The van der Waals surface area contributed by atoms with Crippen molar-refractivity contribution < 1.29 is 9.47 Å². The fraction of sp³-hybridized carbons (Fsp3) is 1.00. The lowest BCUT2D eigenvalue weighted by Crippen LogP contribution is -2.19. The first-order valence-corrected chi connectivity index (χ1v) is 5.07. The standard InChI is InChI=1S/C10H23NO2/c1-4-5-7-12-9-10-13-8-6-11(2)3/h4-10H2,1-3H3. The van der Waals surface area contributed by atoms with Crippen LogP contribution in [0.4, 0.5) is 0 Å². The molecule has 3 nitrogen and oxygen atoms in total. The van der Waals surface area contributed by atoms with E-state index in [9.17, 15) is 0 Å². The van der Waals surface area contributed by atoms with Gasteiger partial charge in [0.05, 0.1) is 19.8 Å². The van der Waals surface area contributed by atoms with Crippen LogP contribution in [0, 0.1) is 0 Å². The van der Waals surface area contributed by atoms with E-state index in [0.29, 0.717) is 0 Å². The third-order valence-electron chi connectivity index (χ3n) is 1.70. The molecule has 0 rings (SSSR count). The highest BCUT2D eigenvalue weighted by Crippen LogP contribution is 1.87. The van der Waals surface area contributed by atoms with Crippen LogP contribution >= 0.6 is 0 Å². The average Bonchev–Trinajstić information content (AvgIpc) is 2.09. The van der Waals surface area contributed by atoms with Gasteiger partial charge in [0.25, 0.3) is 0 Å². The molecule has 0 unspecified atom stereocenters. The molecule has 0 aromatic carbocycles. The lowest BCUT2D eigenvalue weighted by molar-refractivity contribution is 0.0418. The number of rotatable bonds is 9. The summed E-state index contributed by atoms with van der Waals surface area (Å²) >= 11 is 0. The second-order valence-electron chi connectivity index (χ2n) is 3.38. The lowest BCUT2D eigenvalue weighted by atomic mass is 10.4. The molecule has 0 atom stereocenters. The Hall–Kier alpha value is -0.120. The predicted molar refractivity (Wildman–Crippen MR) is 55.1 cm³/mol. The van der Waals surface area contributed by atoms with Crippen LogP contribution in [0.5, 0.6) is 0 Å². The number of nitrogens with zero attached hydrogens (tertiary/aromatic N) is 1. The van der Waals surface area contributed by atoms with E-state index in [1.54, 1.807) is 0 Å². The number of hydrogen-bond donors (Lipinski definition) is 0. The summed E-state index contributed by atoms with van der Waals surface area (Å²) in [6.07, 6.45) is 2.35. The maximum atomic E-state index is 5.36. The molecule has 0 amide bonds. The smallest absolute Gasteiger partial charge is 0.0701 e. The van der Waals surface area contributed by atoms with Gasteiger partial charge in [-0.25, -0.2) is 0 Å². The summed E-state index contributed by atoms with van der Waals surface area (Å²) in [7, 11) is 4.09. The third-order valence-corrected chi connectivity index (χ3v) is 1.70. The summed E-state index contributed by atoms with van der Waals surface area (Å²) in [5, 5.41) is 0. The first-order valence-electron chi connectivity index (χ1n) is 5.07. The first-order chi connectivity index (χ1) is 6.27. The van der Waals surface area contributed by atoms with Crippen molar-refractivity contribution in [3.63, 3.8) is 0 Å². The lowest BCUT2D eigenvalue weighted by Gasteiger charge is -2.09. The molecule has 0 N–H and O–H groups in total. The van der Waals surface area contributed by atoms with Crippen LogP contribution in [0.2, 0.25) is 0 Å². The van der Waals surface area contributed by atoms with Gasteiger partial charge < -0.3 is 14.4 Å². The minimum Gasteiger partial charge on any atom is -0.379 e. The van der Waals surface area contributed by atoms with Crippen molar-refractivity contribution in [2.45, 2.75) is 19.8 Å². The zero-order valence-corrected chi connectivity index (χ0v) is 9.21. The van der Waals surface area contributed by atoms with Crippen LogP contribution in [0.25, 0.3) is 0 Å². The molecule has 0 bridgehead atoms. The number of hydrogen-bond acceptors (Lipinski definition) is 3. The Labute approximate surface area is 82.0 Å². The van der Waals surface area contributed by atoms with Gasteiger partial charge in [0.1, 0.15) is 0 Å². The molecular weight excluding hydrogens is 166 g/mol. The summed E-state index contributed by atoms with van der Waals surface area (Å²) in [6.45, 7) is 6.26. The van der Waals surface area contributed by atoms with E-state index in [-0.39, 0.29) is 0 Å². The molecule has 0 radical (unpaired) electrons. The van der Waals surface area contributed by atoms with Crippen LogP contribution in [0.1, 0.15) is 19.8 Å². The minimum atomic E-state index is 0.720. The van der Waals surface area contributed by atoms with Crippen LogP contribution in [0.3, 0.4) is 0 Å². The van der Waals surface area contributed by atoms with Gasteiger partial charge in [-0.3, -0.25) is 0 Å². The van der Waals surface area contributed by atoms with Crippen molar-refractivity contribution in [3.8, 4) is 0 Å². The summed E-state index contributed by atoms with van der Waals surface area (Å²) < 4.78 is 10.7. The van der Waals surface area contributed by atoms with Gasteiger partial charge >= 0.3 is 0 Å². The summed E-state index contributed by atoms with van der Waals surface area (Å²) in [5.74, 6) is 0. The molecular formula is C10H23NO2. The normalized spacial score (nSPS) is 11.1. The number of likely N-dealkylation sites (N-methyl/N-ethyl adjacent to an activating group) is 1. The monoisotopic (exact) mass is 189 g/mol. The molecule has 0 aromatic rings. The maximum absolute atomic E-state index is 5.36. The van der Waals surface area contributed by atoms with Crippen molar-refractivity contribution in [2.24, 2.45) is 0 Å². The highest BCUT2D eigenvalue weighted by molar-refractivity contribution is 4.40. The SMILES string of the molecule is CCCCOCCOCCN(C)C. The largest absolute Gasteiger partial charge is 0.379 e. The second-order valence-corrected chi connectivity index (χ2v) is 3.38. The zero-order chi connectivity index (χ0) is 9.94. The summed E-state index contributed by atoms with van der Waals surface area (Å²) in [5.41, 5.74) is 0. The Bertz CT molecular complexity index is 96.9. The summed E-state index contributed by atoms with van der Waals surface area (Å²) in [4.78, 5) is 2.11. The molecule has 0 heterocycles. The second kappa shape index (κ2) is 9.96. The molecule has 0 fully saturated rings. The first kappa shape index (κ1) is 12.9. The molecule has 0 saturated carbocycles. The van der Waals surface area contributed by atoms with Gasteiger partial charge in [-0.15, -0.1) is 0 Å². The van der Waals surface area contributed by atoms with Crippen molar-refractivity contribution in [1.29, 1.82) is 0 Å². The Morgan fingerprint density at radius 1 is 0.923 bits per heavy atom. The van der Waals surface area contributed by atoms with Gasteiger partial charge in [0.15, 0.2) is 0 Å². The van der Waals surface area contributed by atoms with Gasteiger partial charge in [0, 0.05) is 13.2 Å². The number of unbranched alkanes of at least 4 members (excludes halogenated alkanes) is 1. The van der Waals surface area contributed by atoms with Crippen molar-refractivity contribution in [1.82, 2.24) is 4.90 Å². The van der Waals surface area contributed by atoms with E-state index in [2.05, 4.69) is 11.8 Å². The van der Waals surface area contributed by atoms with Gasteiger partial charge in [-0.05, 0) is 20.5 Å². The fourth-order valence-corrected chi connectivity index (χ4v) is 0.815. The van der Waals surface area contributed by atoms with Crippen molar-refractivity contribution in [2.75, 3.05) is 47.1 Å². The third kappa shape index (κ3) is 11.9. The van der Waals surface area contributed by atoms with E-state index >= 15 is 0 Å². The van der Waals surface area contributed by atoms with Gasteiger partial charge in [-0.2, -0.15) is 0 Å². The van der Waals surface area contributed by atoms with E-state index < -0.39 is 0 Å². The summed E-state index contributed by atoms with van der Waals surface area (Å²) in [6, 6.07) is 0. The van der Waals surface area contributed by atoms with Crippen LogP contribution in [-0.2, 0) is 9.47 Å². The highest BCUT2D eigenvalue weighted by atomic mass is 16.5. The predicted octanol–water partition coefficient (Wildman–Crippen LogP) is 1.38. The molecule has 0 saturated heterocycles. The maximum Gasteiger partial charge on any atom is 0.0701 e. The molecule has 13 heavy (non-hydrogen) atoms. The highest BCUT2D eigenvalue weighted by Gasteiger charge is 1.91. The fourth-order valence-electron chi connectivity index (χ4n) is 0.815. The quantitative estimate of drug-likeness (QED) is 0.511. The van der Waals surface area contributed by atoms with Crippen LogP contribution in [-0.4, -0.2) is 52.0 Å². The van der Waals surface area contributed by atoms with Gasteiger partial charge in [0.2, 0.25) is 0 Å². The molecule has 0 aliphatic rings. The average molecular weight is 189 g/mol. The molecule has 3 heteroatoms. The van der Waals surface area contributed by atoms with Crippen molar-refractivity contribution >= 4 is 0 Å². The van der Waals surface area contributed by atoms with Gasteiger partial charge in [-0.1, -0.05) is 13.3 Å². The number of ether oxygens (including phenoxy) is 2. The Balaban J connectivity index is 2.84. The van der Waals surface area contributed by atoms with E-state index in [4.69, 9.17) is 9.47 Å². The van der Waals surface area contributed by atoms with Crippen LogP contribution in [0.15, 0.2) is 0 Å². The molecule has 80 valence electrons. The van der Waals surface area contributed by atoms with E-state index in [1.165, 1.54) is 6.42 Å². The van der Waals surface area contributed by atoms with E-state index in [1.807, 2.05) is 14.1 Å². The zero-order valence-electron chi connectivity index (χ0n) is 9.21.